The van der Waals surface area contributed by atoms with Crippen LogP contribution in [0.2, 0.25) is 0 Å². The molecule has 0 aromatic carbocycles. The molecule has 3 heterocycles. The lowest BCUT2D eigenvalue weighted by molar-refractivity contribution is 0.326. The highest BCUT2D eigenvalue weighted by Crippen LogP contribution is 2.29. The molecule has 0 aliphatic carbocycles. The molecule has 0 radical (unpaired) electrons. The van der Waals surface area contributed by atoms with Gasteiger partial charge in [-0.05, 0) is 47.1 Å². The van der Waals surface area contributed by atoms with Gasteiger partial charge in [0.15, 0.2) is 10.4 Å². The normalized spacial score (nSPS) is 10.7. The van der Waals surface area contributed by atoms with E-state index in [1.165, 1.54) is 0 Å². The van der Waals surface area contributed by atoms with Gasteiger partial charge in [0.2, 0.25) is 11.7 Å². The third-order valence-electron chi connectivity index (χ3n) is 2.50. The van der Waals surface area contributed by atoms with Crippen molar-refractivity contribution in [3.63, 3.8) is 0 Å². The van der Waals surface area contributed by atoms with Gasteiger partial charge in [-0.2, -0.15) is 4.98 Å². The molecule has 3 aromatic heterocycles. The van der Waals surface area contributed by atoms with Crippen LogP contribution in [0.5, 0.6) is 5.88 Å². The van der Waals surface area contributed by atoms with Crippen molar-refractivity contribution in [2.24, 2.45) is 0 Å². The van der Waals surface area contributed by atoms with Crippen molar-refractivity contribution in [2.45, 2.75) is 6.92 Å². The highest BCUT2D eigenvalue weighted by atomic mass is 79.9. The maximum Gasteiger partial charge on any atom is 0.263 e. The zero-order valence-electron chi connectivity index (χ0n) is 10.5. The van der Waals surface area contributed by atoms with E-state index < -0.39 is 0 Å². The summed E-state index contributed by atoms with van der Waals surface area (Å²) in [7, 11) is 0. The molecule has 0 bridgehead atoms. The van der Waals surface area contributed by atoms with Gasteiger partial charge < -0.3 is 13.7 Å². The molecular formula is C13H10BrN3O3. The van der Waals surface area contributed by atoms with Gasteiger partial charge in [-0.1, -0.05) is 5.16 Å². The van der Waals surface area contributed by atoms with E-state index in [-0.39, 0.29) is 0 Å². The first kappa shape index (κ1) is 12.9. The van der Waals surface area contributed by atoms with Crippen LogP contribution in [0.3, 0.4) is 0 Å². The predicted molar refractivity (Wildman–Crippen MR) is 74.1 cm³/mol. The summed E-state index contributed by atoms with van der Waals surface area (Å²) in [5.74, 6) is 1.70. The molecule has 0 saturated carbocycles. The number of pyridine rings is 1. The zero-order chi connectivity index (χ0) is 13.9. The molecule has 3 aromatic rings. The third kappa shape index (κ3) is 2.44. The average molecular weight is 336 g/mol. The molecule has 0 amide bonds. The highest BCUT2D eigenvalue weighted by Gasteiger charge is 2.17. The molecule has 0 spiro atoms. The second-order valence-electron chi connectivity index (χ2n) is 3.82. The summed E-state index contributed by atoms with van der Waals surface area (Å²) in [6.07, 6.45) is 1.65. The Balaban J connectivity index is 1.98. The fraction of sp³-hybridized carbons (Fsp3) is 0.154. The molecule has 20 heavy (non-hydrogen) atoms. The maximum atomic E-state index is 5.44. The monoisotopic (exact) mass is 335 g/mol. The molecule has 6 nitrogen and oxygen atoms in total. The number of rotatable bonds is 4. The standard InChI is InChI=1S/C13H10BrN3O3/c1-2-18-12-8(4-3-7-15-12)13-16-11(17-20-13)9-5-6-10(14)19-9/h3-7H,2H2,1H3. The molecule has 3 rings (SSSR count). The summed E-state index contributed by atoms with van der Waals surface area (Å²) in [4.78, 5) is 8.44. The Bertz CT molecular complexity index is 723. The SMILES string of the molecule is CCOc1ncccc1-c1nc(-c2ccc(Br)o2)no1. The molecule has 0 aliphatic rings. The number of halogens is 1. The number of ether oxygens (including phenoxy) is 1. The Morgan fingerprint density at radius 2 is 2.20 bits per heavy atom. The number of nitrogens with zero attached hydrogens (tertiary/aromatic N) is 3. The second-order valence-corrected chi connectivity index (χ2v) is 4.60. The molecule has 0 saturated heterocycles. The van der Waals surface area contributed by atoms with E-state index >= 15 is 0 Å². The van der Waals surface area contributed by atoms with E-state index in [1.54, 1.807) is 24.4 Å². The lowest BCUT2D eigenvalue weighted by atomic mass is 10.2. The number of aromatic nitrogens is 3. The lowest BCUT2D eigenvalue weighted by Gasteiger charge is -2.04. The Morgan fingerprint density at radius 1 is 1.30 bits per heavy atom. The summed E-state index contributed by atoms with van der Waals surface area (Å²) < 4.78 is 16.7. The van der Waals surface area contributed by atoms with Crippen LogP contribution in [0.25, 0.3) is 23.0 Å². The van der Waals surface area contributed by atoms with Crippen LogP contribution in [0.1, 0.15) is 6.92 Å². The van der Waals surface area contributed by atoms with Crippen molar-refractivity contribution in [1.82, 2.24) is 15.1 Å². The van der Waals surface area contributed by atoms with Crippen molar-refractivity contribution in [2.75, 3.05) is 6.61 Å². The Labute approximate surface area is 122 Å². The number of hydrogen-bond donors (Lipinski definition) is 0. The maximum absolute atomic E-state index is 5.44. The van der Waals surface area contributed by atoms with Crippen LogP contribution in [-0.4, -0.2) is 21.7 Å². The summed E-state index contributed by atoms with van der Waals surface area (Å²) in [5, 5.41) is 3.89. The van der Waals surface area contributed by atoms with Gasteiger partial charge >= 0.3 is 0 Å². The lowest BCUT2D eigenvalue weighted by Crippen LogP contribution is -1.96. The van der Waals surface area contributed by atoms with Crippen LogP contribution < -0.4 is 4.74 Å². The van der Waals surface area contributed by atoms with Crippen LogP contribution in [0, 0.1) is 0 Å². The van der Waals surface area contributed by atoms with Crippen LogP contribution in [-0.2, 0) is 0 Å². The van der Waals surface area contributed by atoms with E-state index in [4.69, 9.17) is 13.7 Å². The minimum Gasteiger partial charge on any atom is -0.477 e. The fourth-order valence-corrected chi connectivity index (χ4v) is 1.98. The first-order chi connectivity index (χ1) is 9.78. The molecule has 0 N–H and O–H groups in total. The first-order valence-corrected chi connectivity index (χ1v) is 6.75. The van der Waals surface area contributed by atoms with Gasteiger partial charge in [0.25, 0.3) is 5.89 Å². The minimum absolute atomic E-state index is 0.337. The number of furan rings is 1. The summed E-state index contributed by atoms with van der Waals surface area (Å²) >= 11 is 3.23. The summed E-state index contributed by atoms with van der Waals surface area (Å²) in [6.45, 7) is 2.40. The van der Waals surface area contributed by atoms with Crippen LogP contribution in [0.4, 0.5) is 0 Å². The van der Waals surface area contributed by atoms with Crippen LogP contribution >= 0.6 is 15.9 Å². The molecule has 7 heteroatoms. The van der Waals surface area contributed by atoms with Gasteiger partial charge in [0, 0.05) is 6.20 Å². The van der Waals surface area contributed by atoms with Crippen molar-refractivity contribution in [3.8, 4) is 28.9 Å². The molecule has 102 valence electrons. The van der Waals surface area contributed by atoms with Gasteiger partial charge in [0.1, 0.15) is 5.56 Å². The first-order valence-electron chi connectivity index (χ1n) is 5.95. The Kier molecular flexibility index (Phi) is 3.51. The minimum atomic E-state index is 0.337. The van der Waals surface area contributed by atoms with E-state index in [0.717, 1.165) is 0 Å². The molecule has 0 atom stereocenters. The molecule has 0 aliphatic heterocycles. The summed E-state index contributed by atoms with van der Waals surface area (Å²) in [6, 6.07) is 7.12. The van der Waals surface area contributed by atoms with E-state index in [9.17, 15) is 0 Å². The molecule has 0 unspecified atom stereocenters. The average Bonchev–Trinajstić information content (AvgIpc) is 3.08. The van der Waals surface area contributed by atoms with Gasteiger partial charge in [-0.15, -0.1) is 0 Å². The largest absolute Gasteiger partial charge is 0.477 e. The Hall–Kier alpha value is -2.15. The third-order valence-corrected chi connectivity index (χ3v) is 2.93. The van der Waals surface area contributed by atoms with E-state index in [2.05, 4.69) is 31.1 Å². The van der Waals surface area contributed by atoms with Gasteiger partial charge in [-0.25, -0.2) is 4.98 Å². The Morgan fingerprint density at radius 3 is 2.95 bits per heavy atom. The van der Waals surface area contributed by atoms with Crippen LogP contribution in [0.15, 0.2) is 44.1 Å². The second kappa shape index (κ2) is 5.46. The van der Waals surface area contributed by atoms with Crippen molar-refractivity contribution in [1.29, 1.82) is 0 Å². The highest BCUT2D eigenvalue weighted by molar-refractivity contribution is 9.10. The molecule has 0 fully saturated rings. The smallest absolute Gasteiger partial charge is 0.263 e. The van der Waals surface area contributed by atoms with Gasteiger partial charge in [0.05, 0.1) is 6.61 Å². The van der Waals surface area contributed by atoms with Crippen molar-refractivity contribution >= 4 is 15.9 Å². The van der Waals surface area contributed by atoms with Crippen molar-refractivity contribution in [3.05, 3.63) is 35.1 Å². The quantitative estimate of drug-likeness (QED) is 0.725. The van der Waals surface area contributed by atoms with E-state index in [0.29, 0.717) is 40.2 Å². The zero-order valence-corrected chi connectivity index (χ0v) is 12.1. The molecular weight excluding hydrogens is 326 g/mol. The summed E-state index contributed by atoms with van der Waals surface area (Å²) in [5.41, 5.74) is 0.652. The predicted octanol–water partition coefficient (Wildman–Crippen LogP) is 3.55. The van der Waals surface area contributed by atoms with E-state index in [1.807, 2.05) is 13.0 Å². The van der Waals surface area contributed by atoms with Gasteiger partial charge in [-0.3, -0.25) is 0 Å². The van der Waals surface area contributed by atoms with Crippen molar-refractivity contribution < 1.29 is 13.7 Å². The number of hydrogen-bond acceptors (Lipinski definition) is 6. The fourth-order valence-electron chi connectivity index (χ4n) is 1.67. The topological polar surface area (TPSA) is 74.2 Å².